The van der Waals surface area contributed by atoms with Crippen LogP contribution >= 0.6 is 11.3 Å². The van der Waals surface area contributed by atoms with Crippen LogP contribution in [0, 0.1) is 13.8 Å². The van der Waals surface area contributed by atoms with Crippen molar-refractivity contribution < 1.29 is 13.9 Å². The maximum Gasteiger partial charge on any atom is 0.291 e. The Morgan fingerprint density at radius 1 is 1.23 bits per heavy atom. The second-order valence-electron chi connectivity index (χ2n) is 7.81. The molecular formula is C21H23N5O3S. The van der Waals surface area contributed by atoms with E-state index in [0.717, 1.165) is 29.8 Å². The zero-order valence-electron chi connectivity index (χ0n) is 17.0. The van der Waals surface area contributed by atoms with Crippen LogP contribution in [0.15, 0.2) is 22.9 Å². The maximum absolute atomic E-state index is 12.9. The van der Waals surface area contributed by atoms with Crippen molar-refractivity contribution in [3.63, 3.8) is 0 Å². The Labute approximate surface area is 178 Å². The van der Waals surface area contributed by atoms with Crippen LogP contribution in [0.25, 0.3) is 10.6 Å². The molecule has 0 bridgehead atoms. The predicted molar refractivity (Wildman–Crippen MR) is 112 cm³/mol. The Morgan fingerprint density at radius 3 is 2.70 bits per heavy atom. The summed E-state index contributed by atoms with van der Waals surface area (Å²) < 4.78 is 11.9. The molecule has 2 aliphatic heterocycles. The number of carbonyl (C=O) groups excluding carboxylic acids is 1. The first-order chi connectivity index (χ1) is 14.4. The molecule has 0 aliphatic carbocycles. The third-order valence-electron chi connectivity index (χ3n) is 5.89. The van der Waals surface area contributed by atoms with Gasteiger partial charge in [0.05, 0.1) is 40.9 Å². The molecule has 1 fully saturated rings. The van der Waals surface area contributed by atoms with E-state index in [0.29, 0.717) is 42.9 Å². The van der Waals surface area contributed by atoms with E-state index in [2.05, 4.69) is 21.0 Å². The van der Waals surface area contributed by atoms with Crippen molar-refractivity contribution in [3.8, 4) is 10.6 Å². The number of nitrogens with zero attached hydrogens (tertiary/aromatic N) is 4. The minimum atomic E-state index is -0.354. The second-order valence-corrected chi connectivity index (χ2v) is 8.94. The van der Waals surface area contributed by atoms with Crippen LogP contribution in [0.3, 0.4) is 0 Å². The lowest BCUT2D eigenvalue weighted by atomic mass is 9.82. The zero-order valence-corrected chi connectivity index (χ0v) is 17.8. The number of aryl methyl sites for hydroxylation is 2. The van der Waals surface area contributed by atoms with Crippen LogP contribution in [-0.4, -0.2) is 45.5 Å². The third kappa shape index (κ3) is 3.18. The van der Waals surface area contributed by atoms with Gasteiger partial charge in [-0.3, -0.25) is 4.79 Å². The van der Waals surface area contributed by atoms with E-state index in [1.807, 2.05) is 4.90 Å². The molecule has 8 nitrogen and oxygen atoms in total. The highest BCUT2D eigenvalue weighted by molar-refractivity contribution is 7.15. The predicted octanol–water partition coefficient (Wildman–Crippen LogP) is 3.10. The number of anilines is 1. The van der Waals surface area contributed by atoms with Crippen molar-refractivity contribution in [2.45, 2.75) is 38.7 Å². The van der Waals surface area contributed by atoms with Gasteiger partial charge in [0, 0.05) is 31.3 Å². The Morgan fingerprint density at radius 2 is 2.03 bits per heavy atom. The van der Waals surface area contributed by atoms with Crippen LogP contribution < -0.4 is 5.73 Å². The van der Waals surface area contributed by atoms with Gasteiger partial charge >= 0.3 is 0 Å². The standard InChI is InChI=1S/C21H23N5O3S/c1-12-19(29-13(2)25-12)20(27)26-6-4-21(5-7-26)14-9-17(30-16(14)3-8-28-21)15-10-24-18(22)11-23-15/h9-11H,3-8H2,1-2H3,(H2,22,24). The molecule has 2 N–H and O–H groups in total. The van der Waals surface area contributed by atoms with Crippen molar-refractivity contribution in [1.82, 2.24) is 19.9 Å². The highest BCUT2D eigenvalue weighted by Gasteiger charge is 2.43. The van der Waals surface area contributed by atoms with Crippen molar-refractivity contribution in [2.24, 2.45) is 0 Å². The SMILES string of the molecule is Cc1nc(C)c(C(=O)N2CCC3(CC2)OCCc2sc(-c4cnc(N)cn4)cc23)o1. The molecule has 1 amide bonds. The lowest BCUT2D eigenvalue weighted by Gasteiger charge is -2.43. The largest absolute Gasteiger partial charge is 0.436 e. The minimum Gasteiger partial charge on any atom is -0.436 e. The van der Waals surface area contributed by atoms with Crippen molar-refractivity contribution in [3.05, 3.63) is 46.2 Å². The summed E-state index contributed by atoms with van der Waals surface area (Å²) >= 11 is 1.74. The van der Waals surface area contributed by atoms with Gasteiger partial charge in [0.1, 0.15) is 5.82 Å². The van der Waals surface area contributed by atoms with E-state index in [1.54, 1.807) is 37.6 Å². The van der Waals surface area contributed by atoms with Gasteiger partial charge in [-0.25, -0.2) is 15.0 Å². The first-order valence-corrected chi connectivity index (χ1v) is 10.9. The molecule has 3 aromatic rings. The fraction of sp³-hybridized carbons (Fsp3) is 0.429. The van der Waals surface area contributed by atoms with Gasteiger partial charge in [0.25, 0.3) is 5.91 Å². The van der Waals surface area contributed by atoms with E-state index in [4.69, 9.17) is 14.9 Å². The maximum atomic E-state index is 12.9. The van der Waals surface area contributed by atoms with E-state index in [1.165, 1.54) is 10.4 Å². The van der Waals surface area contributed by atoms with Gasteiger partial charge in [-0.15, -0.1) is 11.3 Å². The number of hydrogen-bond acceptors (Lipinski definition) is 8. The molecule has 0 aromatic carbocycles. The fourth-order valence-electron chi connectivity index (χ4n) is 4.37. The number of thiophene rings is 1. The summed E-state index contributed by atoms with van der Waals surface area (Å²) in [6.07, 6.45) is 5.69. The van der Waals surface area contributed by atoms with Gasteiger partial charge in [-0.1, -0.05) is 0 Å². The number of fused-ring (bicyclic) bond motifs is 2. The summed E-state index contributed by atoms with van der Waals surface area (Å²) in [4.78, 5) is 29.9. The van der Waals surface area contributed by atoms with Crippen molar-refractivity contribution in [2.75, 3.05) is 25.4 Å². The smallest absolute Gasteiger partial charge is 0.291 e. The number of piperidine rings is 1. The number of nitrogen functional groups attached to an aromatic ring is 1. The van der Waals surface area contributed by atoms with Crippen LogP contribution in [-0.2, 0) is 16.8 Å². The summed E-state index contributed by atoms with van der Waals surface area (Å²) in [5.41, 5.74) is 8.01. The third-order valence-corrected chi connectivity index (χ3v) is 7.11. The number of aromatic nitrogens is 3. The Kier molecular flexibility index (Phi) is 4.59. The van der Waals surface area contributed by atoms with Gasteiger partial charge in [0.15, 0.2) is 5.89 Å². The summed E-state index contributed by atoms with van der Waals surface area (Å²) in [6.45, 7) is 5.48. The Hall–Kier alpha value is -2.78. The topological polar surface area (TPSA) is 107 Å². The lowest BCUT2D eigenvalue weighted by molar-refractivity contribution is -0.0928. The molecule has 9 heteroatoms. The van der Waals surface area contributed by atoms with Gasteiger partial charge in [-0.05, 0) is 31.4 Å². The molecule has 0 atom stereocenters. The Balaban J connectivity index is 1.38. The average molecular weight is 426 g/mol. The van der Waals surface area contributed by atoms with Crippen LogP contribution in [0.1, 0.15) is 45.4 Å². The van der Waals surface area contributed by atoms with Gasteiger partial charge < -0.3 is 19.8 Å². The molecule has 1 spiro atoms. The highest BCUT2D eigenvalue weighted by Crippen LogP contribution is 2.46. The van der Waals surface area contributed by atoms with Crippen LogP contribution in [0.2, 0.25) is 0 Å². The summed E-state index contributed by atoms with van der Waals surface area (Å²) in [5, 5.41) is 0. The zero-order chi connectivity index (χ0) is 20.9. The summed E-state index contributed by atoms with van der Waals surface area (Å²) in [5.74, 6) is 1.17. The molecule has 0 unspecified atom stereocenters. The van der Waals surface area contributed by atoms with E-state index in [-0.39, 0.29) is 11.5 Å². The number of amides is 1. The number of hydrogen-bond donors (Lipinski definition) is 1. The molecule has 156 valence electrons. The number of nitrogens with two attached hydrogens (primary N) is 1. The molecular weight excluding hydrogens is 402 g/mol. The molecule has 0 saturated carbocycles. The minimum absolute atomic E-state index is 0.0952. The quantitative estimate of drug-likeness (QED) is 0.672. The molecule has 5 rings (SSSR count). The molecule has 1 saturated heterocycles. The molecule has 0 radical (unpaired) electrons. The Bertz CT molecular complexity index is 1100. The molecule has 2 aliphatic rings. The normalized spacial score (nSPS) is 17.9. The number of oxazole rings is 1. The first kappa shape index (κ1) is 19.2. The van der Waals surface area contributed by atoms with Crippen molar-refractivity contribution in [1.29, 1.82) is 0 Å². The van der Waals surface area contributed by atoms with E-state index < -0.39 is 0 Å². The summed E-state index contributed by atoms with van der Waals surface area (Å²) in [6, 6.07) is 2.18. The molecule has 5 heterocycles. The fourth-order valence-corrected chi connectivity index (χ4v) is 5.56. The summed E-state index contributed by atoms with van der Waals surface area (Å²) in [7, 11) is 0. The lowest BCUT2D eigenvalue weighted by Crippen LogP contribution is -2.48. The van der Waals surface area contributed by atoms with Crippen molar-refractivity contribution >= 4 is 23.1 Å². The molecule has 30 heavy (non-hydrogen) atoms. The average Bonchev–Trinajstić information content (AvgIpc) is 3.32. The second kappa shape index (κ2) is 7.17. The van der Waals surface area contributed by atoms with E-state index in [9.17, 15) is 4.79 Å². The van der Waals surface area contributed by atoms with Crippen LogP contribution in [0.5, 0.6) is 0 Å². The van der Waals surface area contributed by atoms with E-state index >= 15 is 0 Å². The number of carbonyl (C=O) groups is 1. The number of ether oxygens (including phenoxy) is 1. The molecule has 3 aromatic heterocycles. The monoisotopic (exact) mass is 425 g/mol. The number of likely N-dealkylation sites (tertiary alicyclic amines) is 1. The van der Waals surface area contributed by atoms with Crippen LogP contribution in [0.4, 0.5) is 5.82 Å². The number of rotatable bonds is 2. The highest BCUT2D eigenvalue weighted by atomic mass is 32.1. The first-order valence-electron chi connectivity index (χ1n) is 10.0. The van der Waals surface area contributed by atoms with Gasteiger partial charge in [-0.2, -0.15) is 0 Å². The van der Waals surface area contributed by atoms with Gasteiger partial charge in [0.2, 0.25) is 5.76 Å².